The number of hydrogen-bond acceptors (Lipinski definition) is 3. The Morgan fingerprint density at radius 2 is 2.10 bits per heavy atom. The van der Waals surface area contributed by atoms with E-state index in [4.69, 9.17) is 5.73 Å². The van der Waals surface area contributed by atoms with Gasteiger partial charge in [0.1, 0.15) is 5.82 Å². The van der Waals surface area contributed by atoms with Crippen LogP contribution >= 0.6 is 28.3 Å². The Balaban J connectivity index is 0.00000361. The van der Waals surface area contributed by atoms with Gasteiger partial charge in [-0.05, 0) is 18.2 Å². The lowest BCUT2D eigenvalue weighted by Crippen LogP contribution is -2.40. The number of rotatable bonds is 5. The molecule has 0 aliphatic heterocycles. The van der Waals surface area contributed by atoms with Gasteiger partial charge in [-0.25, -0.2) is 4.39 Å². The van der Waals surface area contributed by atoms with E-state index >= 15 is 0 Å². The number of nitrogens with zero attached hydrogens (tertiary/aromatic N) is 1. The minimum atomic E-state index is -0.407. The summed E-state index contributed by atoms with van der Waals surface area (Å²) in [5.41, 5.74) is 5.50. The molecule has 0 saturated heterocycles. The number of nitrogens with two attached hydrogens (primary N) is 1. The quantitative estimate of drug-likeness (QED) is 0.815. The van der Waals surface area contributed by atoms with Crippen molar-refractivity contribution in [3.05, 3.63) is 34.1 Å². The lowest BCUT2D eigenvalue weighted by atomic mass is 10.2. The Hall–Kier alpha value is -1.18. The Morgan fingerprint density at radius 3 is 2.70 bits per heavy atom. The average Bonchev–Trinajstić information content (AvgIpc) is 2.39. The standard InChI is InChI=1S/C12H15BrFN3O2.ClH/c1-17(12(19)6-16-11(18)5-15)7-8-4-9(13)2-3-10(8)14;/h2-4H,5-7,15H2,1H3,(H,16,18);1H. The Labute approximate surface area is 131 Å². The van der Waals surface area contributed by atoms with Crippen molar-refractivity contribution in [3.8, 4) is 0 Å². The largest absolute Gasteiger partial charge is 0.346 e. The smallest absolute Gasteiger partial charge is 0.242 e. The number of carbonyl (C=O) groups is 2. The SMILES string of the molecule is CN(Cc1cc(Br)ccc1F)C(=O)CNC(=O)CN.Cl. The number of amides is 2. The normalized spacial score (nSPS) is 9.60. The van der Waals surface area contributed by atoms with Crippen molar-refractivity contribution in [3.63, 3.8) is 0 Å². The number of benzene rings is 1. The van der Waals surface area contributed by atoms with Crippen LogP contribution < -0.4 is 11.1 Å². The van der Waals surface area contributed by atoms with Crippen LogP contribution in [0.1, 0.15) is 5.56 Å². The van der Waals surface area contributed by atoms with Gasteiger partial charge in [0.05, 0.1) is 13.1 Å². The first kappa shape index (κ1) is 18.8. The van der Waals surface area contributed by atoms with Crippen molar-refractivity contribution in [1.82, 2.24) is 10.2 Å². The number of halogens is 3. The van der Waals surface area contributed by atoms with Gasteiger partial charge in [-0.15, -0.1) is 12.4 Å². The molecule has 1 aromatic rings. The zero-order valence-electron chi connectivity index (χ0n) is 10.9. The maximum atomic E-state index is 13.5. The van der Waals surface area contributed by atoms with Gasteiger partial charge in [-0.3, -0.25) is 9.59 Å². The van der Waals surface area contributed by atoms with Crippen molar-refractivity contribution in [2.45, 2.75) is 6.54 Å². The molecule has 0 bridgehead atoms. The molecule has 0 unspecified atom stereocenters. The summed E-state index contributed by atoms with van der Waals surface area (Å²) in [6.45, 7) is -0.192. The molecule has 1 rings (SSSR count). The Bertz CT molecular complexity index is 488. The Kier molecular flexibility index (Phi) is 8.36. The molecule has 2 amide bonds. The van der Waals surface area contributed by atoms with Gasteiger partial charge in [-0.1, -0.05) is 15.9 Å². The van der Waals surface area contributed by atoms with E-state index in [1.165, 1.54) is 18.0 Å². The molecule has 0 aliphatic carbocycles. The van der Waals surface area contributed by atoms with Gasteiger partial charge in [0.25, 0.3) is 0 Å². The molecule has 0 atom stereocenters. The fourth-order valence-electron chi connectivity index (χ4n) is 1.39. The van der Waals surface area contributed by atoms with Crippen LogP contribution in [-0.2, 0) is 16.1 Å². The monoisotopic (exact) mass is 367 g/mol. The van der Waals surface area contributed by atoms with Gasteiger partial charge < -0.3 is 16.0 Å². The van der Waals surface area contributed by atoms with Crippen LogP contribution in [0.2, 0.25) is 0 Å². The van der Waals surface area contributed by atoms with Crippen LogP contribution in [0.25, 0.3) is 0 Å². The minimum Gasteiger partial charge on any atom is -0.346 e. The molecule has 0 saturated carbocycles. The third kappa shape index (κ3) is 5.85. The second kappa shape index (κ2) is 8.89. The summed E-state index contributed by atoms with van der Waals surface area (Å²) in [5.74, 6) is -1.11. The van der Waals surface area contributed by atoms with Crippen molar-refractivity contribution in [1.29, 1.82) is 0 Å². The zero-order valence-corrected chi connectivity index (χ0v) is 13.3. The Morgan fingerprint density at radius 1 is 1.45 bits per heavy atom. The maximum Gasteiger partial charge on any atom is 0.242 e. The first-order valence-electron chi connectivity index (χ1n) is 5.58. The van der Waals surface area contributed by atoms with Crippen LogP contribution in [0.15, 0.2) is 22.7 Å². The topological polar surface area (TPSA) is 75.4 Å². The van der Waals surface area contributed by atoms with Crippen molar-refractivity contribution >= 4 is 40.2 Å². The molecule has 0 radical (unpaired) electrons. The summed E-state index contributed by atoms with van der Waals surface area (Å²) in [5, 5.41) is 2.37. The van der Waals surface area contributed by atoms with Gasteiger partial charge in [-0.2, -0.15) is 0 Å². The fraction of sp³-hybridized carbons (Fsp3) is 0.333. The first-order valence-corrected chi connectivity index (χ1v) is 6.38. The summed E-state index contributed by atoms with van der Waals surface area (Å²) < 4.78 is 14.3. The van der Waals surface area contributed by atoms with Crippen molar-refractivity contribution in [2.75, 3.05) is 20.1 Å². The van der Waals surface area contributed by atoms with Gasteiger partial charge in [0, 0.05) is 23.6 Å². The van der Waals surface area contributed by atoms with Crippen LogP contribution in [0, 0.1) is 5.82 Å². The first-order chi connectivity index (χ1) is 8.93. The molecule has 112 valence electrons. The predicted molar refractivity (Wildman–Crippen MR) is 79.9 cm³/mol. The molecule has 0 aliphatic rings. The molecule has 5 nitrogen and oxygen atoms in total. The number of hydrogen-bond donors (Lipinski definition) is 2. The predicted octanol–water partition coefficient (Wildman–Crippen LogP) is 1.04. The fourth-order valence-corrected chi connectivity index (χ4v) is 1.80. The molecule has 20 heavy (non-hydrogen) atoms. The minimum absolute atomic E-state index is 0. The molecule has 1 aromatic carbocycles. The number of carbonyl (C=O) groups excluding carboxylic acids is 2. The van der Waals surface area contributed by atoms with Crippen LogP contribution in [-0.4, -0.2) is 36.9 Å². The lowest BCUT2D eigenvalue weighted by Gasteiger charge is -2.18. The van der Waals surface area contributed by atoms with Crippen molar-refractivity contribution in [2.24, 2.45) is 5.73 Å². The number of nitrogens with one attached hydrogen (secondary N) is 1. The summed E-state index contributed by atoms with van der Waals surface area (Å²) in [6.07, 6.45) is 0. The maximum absolute atomic E-state index is 13.5. The molecule has 0 heterocycles. The van der Waals surface area contributed by atoms with E-state index in [-0.39, 0.29) is 43.8 Å². The molecular weight excluding hydrogens is 353 g/mol. The van der Waals surface area contributed by atoms with E-state index in [0.717, 1.165) is 4.47 Å². The molecule has 8 heteroatoms. The molecular formula is C12H16BrClFN3O2. The third-order valence-electron chi connectivity index (χ3n) is 2.46. The molecule has 0 spiro atoms. The van der Waals surface area contributed by atoms with Crippen molar-refractivity contribution < 1.29 is 14.0 Å². The van der Waals surface area contributed by atoms with Gasteiger partial charge >= 0.3 is 0 Å². The highest BCUT2D eigenvalue weighted by Gasteiger charge is 2.12. The van der Waals surface area contributed by atoms with E-state index < -0.39 is 5.91 Å². The molecule has 0 aromatic heterocycles. The summed E-state index contributed by atoms with van der Waals surface area (Å²) in [7, 11) is 1.54. The molecule has 3 N–H and O–H groups in total. The second-order valence-corrected chi connectivity index (χ2v) is 4.88. The van der Waals surface area contributed by atoms with Crippen LogP contribution in [0.5, 0.6) is 0 Å². The number of likely N-dealkylation sites (N-methyl/N-ethyl adjacent to an activating group) is 1. The van der Waals surface area contributed by atoms with E-state index in [2.05, 4.69) is 21.2 Å². The summed E-state index contributed by atoms with van der Waals surface area (Å²) in [4.78, 5) is 24.0. The van der Waals surface area contributed by atoms with E-state index in [9.17, 15) is 14.0 Å². The highest BCUT2D eigenvalue weighted by Crippen LogP contribution is 2.16. The second-order valence-electron chi connectivity index (χ2n) is 3.97. The van der Waals surface area contributed by atoms with E-state index in [1.807, 2.05) is 0 Å². The highest BCUT2D eigenvalue weighted by molar-refractivity contribution is 9.10. The lowest BCUT2D eigenvalue weighted by molar-refractivity contribution is -0.131. The summed E-state index contributed by atoms with van der Waals surface area (Å²) >= 11 is 3.24. The zero-order chi connectivity index (χ0) is 14.4. The van der Waals surface area contributed by atoms with E-state index in [1.54, 1.807) is 12.1 Å². The van der Waals surface area contributed by atoms with E-state index in [0.29, 0.717) is 5.56 Å². The van der Waals surface area contributed by atoms with Crippen LogP contribution in [0.4, 0.5) is 4.39 Å². The van der Waals surface area contributed by atoms with Gasteiger partial charge in [0.15, 0.2) is 0 Å². The highest BCUT2D eigenvalue weighted by atomic mass is 79.9. The molecule has 0 fully saturated rings. The third-order valence-corrected chi connectivity index (χ3v) is 2.96. The van der Waals surface area contributed by atoms with Crippen LogP contribution in [0.3, 0.4) is 0 Å². The van der Waals surface area contributed by atoms with Gasteiger partial charge in [0.2, 0.25) is 11.8 Å². The average molecular weight is 369 g/mol. The summed E-state index contributed by atoms with van der Waals surface area (Å²) in [6, 6.07) is 4.52.